The fraction of sp³-hybridized carbons (Fsp3) is 0.700. The Labute approximate surface area is 117 Å². The highest BCUT2D eigenvalue weighted by molar-refractivity contribution is 8.76. The molecule has 0 aliphatic heterocycles. The van der Waals surface area contributed by atoms with Crippen LogP contribution < -0.4 is 5.32 Å². The van der Waals surface area contributed by atoms with Gasteiger partial charge in [0.25, 0.3) is 0 Å². The highest BCUT2D eigenvalue weighted by Crippen LogP contribution is 2.24. The summed E-state index contributed by atoms with van der Waals surface area (Å²) < 4.78 is 11.9. The first-order chi connectivity index (χ1) is 8.88. The number of amides is 1. The van der Waals surface area contributed by atoms with Crippen LogP contribution in [-0.4, -0.2) is 52.3 Å². The highest BCUT2D eigenvalue weighted by Gasteiger charge is 2.20. The molecular formula is C10H16FNO5S2. The molecule has 0 aliphatic rings. The van der Waals surface area contributed by atoms with Crippen LogP contribution >= 0.6 is 21.6 Å². The van der Waals surface area contributed by atoms with Gasteiger partial charge >= 0.3 is 11.9 Å². The van der Waals surface area contributed by atoms with Crippen LogP contribution in [0.3, 0.4) is 0 Å². The smallest absolute Gasteiger partial charge is 0.327 e. The number of hydrogen-bond donors (Lipinski definition) is 3. The lowest BCUT2D eigenvalue weighted by atomic mass is 10.2. The van der Waals surface area contributed by atoms with Crippen LogP contribution in [0.2, 0.25) is 0 Å². The van der Waals surface area contributed by atoms with Gasteiger partial charge in [-0.05, 0) is 0 Å². The van der Waals surface area contributed by atoms with E-state index in [2.05, 4.69) is 5.32 Å². The number of hydrogen-bond acceptors (Lipinski definition) is 5. The summed E-state index contributed by atoms with van der Waals surface area (Å²) in [4.78, 5) is 32.5. The van der Waals surface area contributed by atoms with Gasteiger partial charge in [0.05, 0.1) is 19.0 Å². The Kier molecular flexibility index (Phi) is 9.40. The number of carboxylic acid groups (broad SMARTS) is 2. The van der Waals surface area contributed by atoms with Crippen molar-refractivity contribution in [1.29, 1.82) is 0 Å². The summed E-state index contributed by atoms with van der Waals surface area (Å²) in [5.41, 5.74) is 0. The molecule has 9 heteroatoms. The van der Waals surface area contributed by atoms with Gasteiger partial charge in [-0.3, -0.25) is 14.0 Å². The molecule has 3 N–H and O–H groups in total. The van der Waals surface area contributed by atoms with E-state index in [0.29, 0.717) is 5.75 Å². The Hall–Kier alpha value is -0.960. The normalized spacial score (nSPS) is 13.6. The van der Waals surface area contributed by atoms with E-state index in [1.807, 2.05) is 0 Å². The predicted octanol–water partition coefficient (Wildman–Crippen LogP) is 1.02. The van der Waals surface area contributed by atoms with Crippen LogP contribution in [-0.2, 0) is 14.4 Å². The molecule has 0 saturated carbocycles. The van der Waals surface area contributed by atoms with Gasteiger partial charge < -0.3 is 15.5 Å². The van der Waals surface area contributed by atoms with Gasteiger partial charge in [-0.25, -0.2) is 4.79 Å². The van der Waals surface area contributed by atoms with E-state index < -0.39 is 36.5 Å². The Morgan fingerprint density at radius 1 is 1.16 bits per heavy atom. The lowest BCUT2D eigenvalue weighted by Crippen LogP contribution is -2.42. The molecule has 0 radical (unpaired) electrons. The SMILES string of the molecule is CC(CSSCC(NC(=O)CC[18F])C(=O)O)C(=O)O. The van der Waals surface area contributed by atoms with Gasteiger partial charge in [-0.1, -0.05) is 28.5 Å². The van der Waals surface area contributed by atoms with Crippen LogP contribution in [0.15, 0.2) is 0 Å². The second-order valence-electron chi connectivity index (χ2n) is 3.71. The van der Waals surface area contributed by atoms with Gasteiger partial charge in [-0.2, -0.15) is 0 Å². The minimum atomic E-state index is -1.20. The van der Waals surface area contributed by atoms with Gasteiger partial charge in [0.1, 0.15) is 6.04 Å². The Bertz CT molecular complexity index is 329. The van der Waals surface area contributed by atoms with Crippen LogP contribution in [0.25, 0.3) is 0 Å². The molecule has 0 spiro atoms. The molecule has 0 rings (SSSR count). The van der Waals surface area contributed by atoms with E-state index in [4.69, 9.17) is 10.2 Å². The summed E-state index contributed by atoms with van der Waals surface area (Å²) in [7, 11) is 2.38. The van der Waals surface area contributed by atoms with Crippen molar-refractivity contribution in [3.05, 3.63) is 0 Å². The zero-order chi connectivity index (χ0) is 14.8. The largest absolute Gasteiger partial charge is 0.481 e. The van der Waals surface area contributed by atoms with Crippen LogP contribution in [0.1, 0.15) is 13.3 Å². The van der Waals surface area contributed by atoms with E-state index in [1.54, 1.807) is 6.92 Å². The topological polar surface area (TPSA) is 104 Å². The van der Waals surface area contributed by atoms with Crippen molar-refractivity contribution in [3.63, 3.8) is 0 Å². The molecule has 6 nitrogen and oxygen atoms in total. The predicted molar refractivity (Wildman–Crippen MR) is 71.9 cm³/mol. The summed E-state index contributed by atoms with van der Waals surface area (Å²) in [5.74, 6) is -2.87. The Morgan fingerprint density at radius 3 is 2.21 bits per heavy atom. The zero-order valence-electron chi connectivity index (χ0n) is 10.3. The average Bonchev–Trinajstić information content (AvgIpc) is 2.32. The molecule has 0 aromatic carbocycles. The lowest BCUT2D eigenvalue weighted by Gasteiger charge is -2.13. The lowest BCUT2D eigenvalue weighted by molar-refractivity contribution is -0.141. The molecule has 2 unspecified atom stereocenters. The summed E-state index contributed by atoms with van der Waals surface area (Å²) in [6.45, 7) is 0.712. The highest BCUT2D eigenvalue weighted by atomic mass is 33.1. The molecule has 0 bridgehead atoms. The monoisotopic (exact) mass is 312 g/mol. The first kappa shape index (κ1) is 18.0. The van der Waals surface area contributed by atoms with Gasteiger partial charge in [0.15, 0.2) is 0 Å². The molecule has 0 aromatic heterocycles. The van der Waals surface area contributed by atoms with E-state index in [0.717, 1.165) is 10.8 Å². The van der Waals surface area contributed by atoms with Gasteiger partial charge in [0.2, 0.25) is 5.91 Å². The number of nitrogens with one attached hydrogen (secondary N) is 1. The number of aliphatic carboxylic acids is 2. The fourth-order valence-electron chi connectivity index (χ4n) is 0.865. The Morgan fingerprint density at radius 2 is 1.74 bits per heavy atom. The number of halogens is 1. The molecule has 0 aromatic rings. The number of carbonyl (C=O) groups is 3. The first-order valence-electron chi connectivity index (χ1n) is 5.43. The maximum Gasteiger partial charge on any atom is 0.327 e. The van der Waals surface area contributed by atoms with Gasteiger partial charge in [0, 0.05) is 11.5 Å². The molecule has 19 heavy (non-hydrogen) atoms. The van der Waals surface area contributed by atoms with Crippen molar-refractivity contribution in [3.8, 4) is 0 Å². The summed E-state index contributed by atoms with van der Waals surface area (Å²) in [5, 5.41) is 19.7. The number of alkyl halides is 1. The van der Waals surface area contributed by atoms with E-state index in [9.17, 15) is 18.8 Å². The maximum absolute atomic E-state index is 11.9. The molecular weight excluding hydrogens is 296 g/mol. The second-order valence-corrected chi connectivity index (χ2v) is 6.26. The Balaban J connectivity index is 3.99. The molecule has 110 valence electrons. The van der Waals surface area contributed by atoms with Crippen LogP contribution in [0.4, 0.5) is 4.39 Å². The third kappa shape index (κ3) is 8.71. The maximum atomic E-state index is 11.9. The standard InChI is InChI=1S/C10H16FNO5S2/c1-6(9(14)15)4-18-19-5-7(10(16)17)12-8(13)2-3-11/h6-7H,2-5H2,1H3,(H,12,13)(H,14,15)(H,16,17)/i11-1. The average molecular weight is 312 g/mol. The summed E-state index contributed by atoms with van der Waals surface area (Å²) in [6.07, 6.45) is -0.363. The van der Waals surface area contributed by atoms with Crippen LogP contribution in [0, 0.1) is 5.92 Å². The first-order valence-corrected chi connectivity index (χ1v) is 7.92. The van der Waals surface area contributed by atoms with Crippen molar-refractivity contribution >= 4 is 39.4 Å². The molecule has 1 amide bonds. The number of rotatable bonds is 10. The summed E-state index contributed by atoms with van der Waals surface area (Å²) in [6, 6.07) is -1.10. The number of carbonyl (C=O) groups excluding carboxylic acids is 1. The third-order valence-electron chi connectivity index (χ3n) is 2.01. The molecule has 0 saturated heterocycles. The van der Waals surface area contributed by atoms with E-state index in [-0.39, 0.29) is 12.2 Å². The van der Waals surface area contributed by atoms with Crippen molar-refractivity contribution < 1.29 is 29.0 Å². The van der Waals surface area contributed by atoms with Crippen molar-refractivity contribution in [2.45, 2.75) is 19.4 Å². The second kappa shape index (κ2) is 9.90. The van der Waals surface area contributed by atoms with Crippen LogP contribution in [0.5, 0.6) is 0 Å². The van der Waals surface area contributed by atoms with Gasteiger partial charge in [-0.15, -0.1) is 0 Å². The summed E-state index contributed by atoms with van der Waals surface area (Å²) >= 11 is 0. The third-order valence-corrected chi connectivity index (χ3v) is 4.60. The quantitative estimate of drug-likeness (QED) is 0.408. The molecule has 0 heterocycles. The minimum absolute atomic E-state index is 0.0877. The van der Waals surface area contributed by atoms with Crippen molar-refractivity contribution in [2.24, 2.45) is 5.92 Å². The van der Waals surface area contributed by atoms with E-state index >= 15 is 0 Å². The fourth-order valence-corrected chi connectivity index (χ4v) is 3.36. The van der Waals surface area contributed by atoms with Crippen molar-refractivity contribution in [2.75, 3.05) is 18.2 Å². The minimum Gasteiger partial charge on any atom is -0.481 e. The van der Waals surface area contributed by atoms with Crippen molar-refractivity contribution in [1.82, 2.24) is 5.32 Å². The van der Waals surface area contributed by atoms with E-state index in [1.165, 1.54) is 10.8 Å². The number of carboxylic acids is 2. The molecule has 2 atom stereocenters. The molecule has 0 fully saturated rings. The zero-order valence-corrected chi connectivity index (χ0v) is 11.9. The molecule has 0 aliphatic carbocycles.